The Hall–Kier alpha value is -3.12. The zero-order valence-corrected chi connectivity index (χ0v) is 21.2. The first-order valence-electron chi connectivity index (χ1n) is 11.2. The van der Waals surface area contributed by atoms with Crippen molar-refractivity contribution in [3.05, 3.63) is 35.2 Å². The van der Waals surface area contributed by atoms with Crippen LogP contribution in [0, 0.1) is 0 Å². The number of hydrogen-bond acceptors (Lipinski definition) is 10. The SMILES string of the molecule is CCONc1cc(CC(=O)N[C@@H]2C(=O)N3C(C(=O)OC(C)(C)C)=C(COC(C)=O)CS[C@H]23)ccn1. The summed E-state index contributed by atoms with van der Waals surface area (Å²) in [5.74, 6) is -1.12. The van der Waals surface area contributed by atoms with Crippen LogP contribution in [0.25, 0.3) is 0 Å². The van der Waals surface area contributed by atoms with Crippen LogP contribution in [-0.4, -0.2) is 69.6 Å². The number of nitrogens with one attached hydrogen (secondary N) is 2. The number of ether oxygens (including phenoxy) is 2. The maximum atomic E-state index is 13.0. The molecule has 0 radical (unpaired) electrons. The molecule has 0 unspecified atom stereocenters. The lowest BCUT2D eigenvalue weighted by Gasteiger charge is -2.49. The summed E-state index contributed by atoms with van der Waals surface area (Å²) < 4.78 is 10.6. The fourth-order valence-electron chi connectivity index (χ4n) is 3.49. The molecule has 1 saturated heterocycles. The van der Waals surface area contributed by atoms with Crippen LogP contribution >= 0.6 is 11.8 Å². The number of aromatic nitrogens is 1. The number of thioether (sulfide) groups is 1. The molecule has 35 heavy (non-hydrogen) atoms. The van der Waals surface area contributed by atoms with Crippen LogP contribution in [0.1, 0.15) is 40.2 Å². The predicted octanol–water partition coefficient (Wildman–Crippen LogP) is 1.55. The highest BCUT2D eigenvalue weighted by Gasteiger charge is 2.54. The molecule has 2 amide bonds. The van der Waals surface area contributed by atoms with E-state index in [1.807, 2.05) is 6.92 Å². The van der Waals surface area contributed by atoms with Gasteiger partial charge in [0.1, 0.15) is 35.1 Å². The first kappa shape index (κ1) is 26.5. The first-order chi connectivity index (χ1) is 16.5. The average Bonchev–Trinajstić information content (AvgIpc) is 2.78. The molecule has 2 aliphatic heterocycles. The third kappa shape index (κ3) is 6.73. The molecular weight excluding hydrogens is 476 g/mol. The second kappa shape index (κ2) is 11.1. The Morgan fingerprint density at radius 1 is 1.29 bits per heavy atom. The number of esters is 2. The van der Waals surface area contributed by atoms with Gasteiger partial charge in [0.2, 0.25) is 5.91 Å². The number of fused-ring (bicyclic) bond motifs is 1. The first-order valence-corrected chi connectivity index (χ1v) is 12.2. The molecule has 1 aromatic rings. The van der Waals surface area contributed by atoms with Gasteiger partial charge in [-0.15, -0.1) is 11.8 Å². The van der Waals surface area contributed by atoms with Crippen molar-refractivity contribution in [3.8, 4) is 0 Å². The van der Waals surface area contributed by atoms with Crippen LogP contribution in [0.5, 0.6) is 0 Å². The Morgan fingerprint density at radius 2 is 2.03 bits per heavy atom. The van der Waals surface area contributed by atoms with Gasteiger partial charge >= 0.3 is 11.9 Å². The van der Waals surface area contributed by atoms with Crippen LogP contribution in [-0.2, 0) is 39.9 Å². The van der Waals surface area contributed by atoms with E-state index >= 15 is 0 Å². The molecule has 2 atom stereocenters. The second-order valence-corrected chi connectivity index (χ2v) is 10.1. The molecule has 0 saturated carbocycles. The summed E-state index contributed by atoms with van der Waals surface area (Å²) in [6.07, 6.45) is 1.59. The van der Waals surface area contributed by atoms with E-state index in [9.17, 15) is 19.2 Å². The summed E-state index contributed by atoms with van der Waals surface area (Å²) in [6.45, 7) is 8.60. The molecule has 0 bridgehead atoms. The molecule has 0 aliphatic carbocycles. The van der Waals surface area contributed by atoms with Gasteiger partial charge in [0.25, 0.3) is 5.91 Å². The minimum Gasteiger partial charge on any atom is -0.461 e. The predicted molar refractivity (Wildman–Crippen MR) is 128 cm³/mol. The molecule has 2 N–H and O–H groups in total. The molecule has 190 valence electrons. The van der Waals surface area contributed by atoms with Crippen molar-refractivity contribution in [1.82, 2.24) is 15.2 Å². The number of carbonyl (C=O) groups is 4. The highest BCUT2D eigenvalue weighted by atomic mass is 32.2. The molecule has 11 nitrogen and oxygen atoms in total. The summed E-state index contributed by atoms with van der Waals surface area (Å²) in [5.41, 5.74) is 3.15. The monoisotopic (exact) mass is 506 g/mol. The van der Waals surface area contributed by atoms with E-state index in [-0.39, 0.29) is 24.6 Å². The van der Waals surface area contributed by atoms with Crippen LogP contribution < -0.4 is 10.8 Å². The fourth-order valence-corrected chi connectivity index (χ4v) is 4.82. The Balaban J connectivity index is 1.71. The van der Waals surface area contributed by atoms with Crippen molar-refractivity contribution in [1.29, 1.82) is 0 Å². The van der Waals surface area contributed by atoms with Crippen LogP contribution in [0.3, 0.4) is 0 Å². The zero-order valence-electron chi connectivity index (χ0n) is 20.4. The van der Waals surface area contributed by atoms with Crippen molar-refractivity contribution < 1.29 is 33.5 Å². The van der Waals surface area contributed by atoms with Crippen LogP contribution in [0.2, 0.25) is 0 Å². The van der Waals surface area contributed by atoms with Crippen molar-refractivity contribution in [3.63, 3.8) is 0 Å². The van der Waals surface area contributed by atoms with Crippen molar-refractivity contribution in [2.75, 3.05) is 24.4 Å². The lowest BCUT2D eigenvalue weighted by molar-refractivity contribution is -0.159. The number of β-lactam (4-membered cyclic amide) rings is 1. The van der Waals surface area contributed by atoms with Gasteiger partial charge in [-0.05, 0) is 45.4 Å². The number of hydrogen-bond donors (Lipinski definition) is 2. The van der Waals surface area contributed by atoms with Crippen LogP contribution in [0.15, 0.2) is 29.6 Å². The summed E-state index contributed by atoms with van der Waals surface area (Å²) in [6, 6.07) is 2.60. The van der Waals surface area contributed by atoms with Gasteiger partial charge in [-0.1, -0.05) is 0 Å². The van der Waals surface area contributed by atoms with Crippen molar-refractivity contribution in [2.45, 2.75) is 58.1 Å². The Labute approximate surface area is 207 Å². The standard InChI is InChI=1S/C23H30N4O7S/c1-6-33-26-16-9-14(7-8-24-16)10-17(29)25-18-20(30)27-19(22(31)34-23(3,4)5)15(11-32-13(2)28)12-35-21(18)27/h7-9,18,21H,6,10-12H2,1-5H3,(H,24,26)(H,25,29)/t18-,21-/m1/s1. The van der Waals surface area contributed by atoms with E-state index in [1.54, 1.807) is 39.1 Å². The highest BCUT2D eigenvalue weighted by Crippen LogP contribution is 2.41. The van der Waals surface area contributed by atoms with Gasteiger partial charge in [-0.3, -0.25) is 24.1 Å². The topological polar surface area (TPSA) is 136 Å². The van der Waals surface area contributed by atoms with E-state index in [0.717, 1.165) is 0 Å². The van der Waals surface area contributed by atoms with Gasteiger partial charge < -0.3 is 14.8 Å². The van der Waals surface area contributed by atoms with Gasteiger partial charge in [0.05, 0.1) is 13.0 Å². The summed E-state index contributed by atoms with van der Waals surface area (Å²) in [4.78, 5) is 60.5. The largest absolute Gasteiger partial charge is 0.461 e. The maximum absolute atomic E-state index is 13.0. The maximum Gasteiger partial charge on any atom is 0.355 e. The minimum absolute atomic E-state index is 0.0386. The molecule has 3 rings (SSSR count). The Bertz CT molecular complexity index is 1040. The minimum atomic E-state index is -0.789. The molecule has 12 heteroatoms. The third-order valence-corrected chi connectivity index (χ3v) is 6.26. The number of pyridine rings is 1. The smallest absolute Gasteiger partial charge is 0.355 e. The number of carbonyl (C=O) groups excluding carboxylic acids is 4. The molecule has 0 aromatic carbocycles. The van der Waals surface area contributed by atoms with Gasteiger partial charge in [0, 0.05) is 24.4 Å². The average molecular weight is 507 g/mol. The molecule has 1 aromatic heterocycles. The summed E-state index contributed by atoms with van der Waals surface area (Å²) >= 11 is 1.38. The lowest BCUT2D eigenvalue weighted by atomic mass is 10.0. The number of nitrogens with zero attached hydrogens (tertiary/aromatic N) is 2. The Kier molecular flexibility index (Phi) is 8.39. The zero-order chi connectivity index (χ0) is 25.8. The molecule has 0 spiro atoms. The molecule has 3 heterocycles. The van der Waals surface area contributed by atoms with Gasteiger partial charge in [0.15, 0.2) is 0 Å². The van der Waals surface area contributed by atoms with E-state index < -0.39 is 34.9 Å². The van der Waals surface area contributed by atoms with Crippen molar-refractivity contribution in [2.24, 2.45) is 0 Å². The quantitative estimate of drug-likeness (QED) is 0.288. The number of rotatable bonds is 9. The summed E-state index contributed by atoms with van der Waals surface area (Å²) in [7, 11) is 0. The fraction of sp³-hybridized carbons (Fsp3) is 0.522. The van der Waals surface area contributed by atoms with Crippen LogP contribution in [0.4, 0.5) is 5.82 Å². The van der Waals surface area contributed by atoms with E-state index in [2.05, 4.69) is 15.8 Å². The number of amides is 2. The van der Waals surface area contributed by atoms with E-state index in [4.69, 9.17) is 14.3 Å². The Morgan fingerprint density at radius 3 is 2.69 bits per heavy atom. The van der Waals surface area contributed by atoms with Gasteiger partial charge in [-0.2, -0.15) is 0 Å². The number of anilines is 1. The third-order valence-electron chi connectivity index (χ3n) is 4.92. The normalized spacial score (nSPS) is 19.5. The molecule has 1 fully saturated rings. The second-order valence-electron chi connectivity index (χ2n) is 8.95. The van der Waals surface area contributed by atoms with E-state index in [0.29, 0.717) is 29.3 Å². The summed E-state index contributed by atoms with van der Waals surface area (Å²) in [5, 5.41) is 2.30. The highest BCUT2D eigenvalue weighted by molar-refractivity contribution is 8.00. The molecule has 2 aliphatic rings. The molecular formula is C23H30N4O7S. The lowest BCUT2D eigenvalue weighted by Crippen LogP contribution is -2.71. The van der Waals surface area contributed by atoms with Gasteiger partial charge in [-0.25, -0.2) is 15.3 Å². The van der Waals surface area contributed by atoms with Crippen molar-refractivity contribution >= 4 is 41.3 Å². The van der Waals surface area contributed by atoms with E-state index in [1.165, 1.54) is 23.6 Å².